The van der Waals surface area contributed by atoms with E-state index < -0.39 is 26.8 Å². The molecule has 1 aromatic heterocycles. The van der Waals surface area contributed by atoms with Gasteiger partial charge in [0.2, 0.25) is 0 Å². The van der Waals surface area contributed by atoms with Crippen LogP contribution < -0.4 is 11.2 Å². The van der Waals surface area contributed by atoms with Gasteiger partial charge in [0.15, 0.2) is 9.04 Å². The summed E-state index contributed by atoms with van der Waals surface area (Å²) in [6, 6.07) is -0.333. The second kappa shape index (κ2) is 8.14. The first-order chi connectivity index (χ1) is 11.4. The fraction of sp³-hybridized carbons (Fsp3) is 0.706. The summed E-state index contributed by atoms with van der Waals surface area (Å²) in [6.45, 7) is 13.3. The number of hydrogen-bond donors (Lipinski definition) is 0. The number of rotatable bonds is 6. The van der Waals surface area contributed by atoms with Crippen LogP contribution in [0.25, 0.3) is 0 Å². The molecule has 8 heteroatoms. The van der Waals surface area contributed by atoms with Crippen LogP contribution in [0, 0.1) is 5.41 Å². The van der Waals surface area contributed by atoms with E-state index in [1.165, 1.54) is 22.4 Å². The summed E-state index contributed by atoms with van der Waals surface area (Å²) in [7, 11) is -0.187. The molecule has 1 heterocycles. The van der Waals surface area contributed by atoms with Gasteiger partial charge >= 0.3 is 11.7 Å². The number of methoxy groups -OCH3 is 1. The molecule has 0 saturated carbocycles. The van der Waals surface area contributed by atoms with E-state index in [2.05, 4.69) is 4.74 Å². The predicted molar refractivity (Wildman–Crippen MR) is 99.5 cm³/mol. The van der Waals surface area contributed by atoms with E-state index in [0.29, 0.717) is 5.56 Å². The summed E-state index contributed by atoms with van der Waals surface area (Å²) >= 11 is 0. The van der Waals surface area contributed by atoms with E-state index in [4.69, 9.17) is 4.43 Å². The fourth-order valence-corrected chi connectivity index (χ4v) is 3.71. The second-order valence-corrected chi connectivity index (χ2v) is 10.1. The van der Waals surface area contributed by atoms with Crippen molar-refractivity contribution in [3.63, 3.8) is 0 Å². The fourth-order valence-electron chi connectivity index (χ4n) is 2.61. The van der Waals surface area contributed by atoms with Crippen molar-refractivity contribution in [2.24, 2.45) is 5.41 Å². The average molecular weight is 371 g/mol. The Hall–Kier alpha value is -1.67. The topological polar surface area (TPSA) is 79.5 Å². The van der Waals surface area contributed by atoms with E-state index >= 15 is 0 Å². The third-order valence-corrected chi connectivity index (χ3v) is 4.55. The van der Waals surface area contributed by atoms with Crippen molar-refractivity contribution in [2.75, 3.05) is 7.11 Å². The third-order valence-electron chi connectivity index (χ3n) is 3.73. The Morgan fingerprint density at radius 2 is 1.80 bits per heavy atom. The summed E-state index contributed by atoms with van der Waals surface area (Å²) in [5, 5.41) is 0. The van der Waals surface area contributed by atoms with Crippen molar-refractivity contribution < 1.29 is 14.0 Å². The van der Waals surface area contributed by atoms with Gasteiger partial charge in [-0.3, -0.25) is 18.7 Å². The van der Waals surface area contributed by atoms with Gasteiger partial charge in [-0.25, -0.2) is 4.79 Å². The number of carbonyl (C=O) groups is 1. The SMILES string of the molecule is COC(=O)Cn1cc(C(O[SiH](C)C)C(C)(C)C)c(=O)n(C(C)C)c1=O. The van der Waals surface area contributed by atoms with Crippen LogP contribution in [0.2, 0.25) is 13.1 Å². The molecule has 1 aromatic rings. The Bertz CT molecular complexity index is 728. The number of esters is 1. The van der Waals surface area contributed by atoms with Gasteiger partial charge in [0.1, 0.15) is 6.54 Å². The summed E-state index contributed by atoms with van der Waals surface area (Å²) in [4.78, 5) is 37.3. The molecule has 25 heavy (non-hydrogen) atoms. The monoisotopic (exact) mass is 370 g/mol. The van der Waals surface area contributed by atoms with E-state index in [9.17, 15) is 14.4 Å². The molecule has 1 atom stereocenters. The highest BCUT2D eigenvalue weighted by Crippen LogP contribution is 2.35. The van der Waals surface area contributed by atoms with Crippen LogP contribution in [0.4, 0.5) is 0 Å². The quantitative estimate of drug-likeness (QED) is 0.564. The van der Waals surface area contributed by atoms with E-state index in [1.807, 2.05) is 33.9 Å². The first kappa shape index (κ1) is 21.4. The molecule has 0 aromatic carbocycles. The van der Waals surface area contributed by atoms with Gasteiger partial charge < -0.3 is 9.16 Å². The molecule has 0 aliphatic carbocycles. The Morgan fingerprint density at radius 1 is 1.24 bits per heavy atom. The summed E-state index contributed by atoms with van der Waals surface area (Å²) < 4.78 is 13.2. The molecule has 0 aliphatic heterocycles. The highest BCUT2D eigenvalue weighted by Gasteiger charge is 2.32. The summed E-state index contributed by atoms with van der Waals surface area (Å²) in [6.07, 6.45) is 0.994. The number of nitrogens with zero attached hydrogens (tertiary/aromatic N) is 2. The molecule has 1 unspecified atom stereocenters. The second-order valence-electron chi connectivity index (χ2n) is 7.77. The summed E-state index contributed by atoms with van der Waals surface area (Å²) in [5.74, 6) is -0.548. The maximum atomic E-state index is 13.0. The van der Waals surface area contributed by atoms with Crippen molar-refractivity contribution in [2.45, 2.75) is 66.4 Å². The Kier molecular flexibility index (Phi) is 6.96. The highest BCUT2D eigenvalue weighted by atomic mass is 28.3. The van der Waals surface area contributed by atoms with E-state index in [0.717, 1.165) is 0 Å². The lowest BCUT2D eigenvalue weighted by molar-refractivity contribution is -0.141. The van der Waals surface area contributed by atoms with Crippen LogP contribution in [0.3, 0.4) is 0 Å². The van der Waals surface area contributed by atoms with E-state index in [1.54, 1.807) is 13.8 Å². The lowest BCUT2D eigenvalue weighted by atomic mass is 9.85. The van der Waals surface area contributed by atoms with Crippen LogP contribution in [-0.4, -0.2) is 31.3 Å². The highest BCUT2D eigenvalue weighted by molar-refractivity contribution is 6.48. The molecule has 1 rings (SSSR count). The van der Waals surface area contributed by atoms with Crippen LogP contribution in [0.1, 0.15) is 52.3 Å². The van der Waals surface area contributed by atoms with Crippen molar-refractivity contribution in [1.29, 1.82) is 0 Å². The van der Waals surface area contributed by atoms with E-state index in [-0.39, 0.29) is 23.6 Å². The van der Waals surface area contributed by atoms with Gasteiger partial charge in [-0.05, 0) is 32.4 Å². The molecule has 0 N–H and O–H groups in total. The zero-order chi connectivity index (χ0) is 19.5. The van der Waals surface area contributed by atoms with Crippen molar-refractivity contribution >= 4 is 15.0 Å². The third kappa shape index (κ3) is 5.15. The van der Waals surface area contributed by atoms with Gasteiger partial charge in [0.25, 0.3) is 5.56 Å². The predicted octanol–water partition coefficient (Wildman–Crippen LogP) is 1.85. The molecular weight excluding hydrogens is 340 g/mol. The van der Waals surface area contributed by atoms with Crippen LogP contribution in [0.15, 0.2) is 15.8 Å². The van der Waals surface area contributed by atoms with Crippen molar-refractivity contribution in [3.8, 4) is 0 Å². The molecule has 0 amide bonds. The first-order valence-electron chi connectivity index (χ1n) is 8.48. The number of carbonyl (C=O) groups excluding carboxylic acids is 1. The van der Waals surface area contributed by atoms with Crippen molar-refractivity contribution in [3.05, 3.63) is 32.6 Å². The molecule has 0 spiro atoms. The van der Waals surface area contributed by atoms with Crippen LogP contribution in [-0.2, 0) is 20.5 Å². The average Bonchev–Trinajstić information content (AvgIpc) is 2.46. The lowest BCUT2D eigenvalue weighted by Crippen LogP contribution is -2.45. The Labute approximate surface area is 150 Å². The van der Waals surface area contributed by atoms with Gasteiger partial charge in [-0.1, -0.05) is 20.8 Å². The molecule has 7 nitrogen and oxygen atoms in total. The molecule has 0 fully saturated rings. The van der Waals surface area contributed by atoms with Gasteiger partial charge in [-0.15, -0.1) is 0 Å². The minimum Gasteiger partial charge on any atom is -0.468 e. The number of hydrogen-bond acceptors (Lipinski definition) is 5. The molecular formula is C17H30N2O5Si. The maximum absolute atomic E-state index is 13.0. The minimum atomic E-state index is -1.45. The minimum absolute atomic E-state index is 0.245. The standard InChI is InChI=1S/C17H30N2O5Si/c1-11(2)19-15(21)12(14(17(3,4)5)24-25(7)8)9-18(16(19)22)10-13(20)23-6/h9,11,14,25H,10H2,1-8H3. The maximum Gasteiger partial charge on any atom is 0.331 e. The van der Waals surface area contributed by atoms with Gasteiger partial charge in [0.05, 0.1) is 18.8 Å². The molecule has 0 saturated heterocycles. The Balaban J connectivity index is 3.70. The molecule has 0 aliphatic rings. The zero-order valence-electron chi connectivity index (χ0n) is 16.5. The van der Waals surface area contributed by atoms with Gasteiger partial charge in [0, 0.05) is 12.2 Å². The first-order valence-corrected chi connectivity index (χ1v) is 11.3. The number of ether oxygens (including phenoxy) is 1. The largest absolute Gasteiger partial charge is 0.468 e. The zero-order valence-corrected chi connectivity index (χ0v) is 17.6. The Morgan fingerprint density at radius 3 is 2.20 bits per heavy atom. The van der Waals surface area contributed by atoms with Crippen molar-refractivity contribution in [1.82, 2.24) is 9.13 Å². The van der Waals surface area contributed by atoms with Crippen LogP contribution in [0.5, 0.6) is 0 Å². The smallest absolute Gasteiger partial charge is 0.331 e. The summed E-state index contributed by atoms with van der Waals surface area (Å²) in [5.41, 5.74) is -0.830. The number of aromatic nitrogens is 2. The molecule has 0 radical (unpaired) electrons. The van der Waals surface area contributed by atoms with Crippen LogP contribution >= 0.6 is 0 Å². The van der Waals surface area contributed by atoms with Gasteiger partial charge in [-0.2, -0.15) is 0 Å². The molecule has 0 bridgehead atoms. The lowest BCUT2D eigenvalue weighted by Gasteiger charge is -2.33. The normalized spacial score (nSPS) is 13.4. The molecule has 142 valence electrons.